The largest absolute Gasteiger partial charge is 0.465 e. The van der Waals surface area contributed by atoms with Gasteiger partial charge in [-0.1, -0.05) is 68.3 Å². The molecule has 4 aliphatic rings. The molecule has 5 rings (SSSR count). The first-order chi connectivity index (χ1) is 18.8. The van der Waals surface area contributed by atoms with Gasteiger partial charge in [0.25, 0.3) is 5.91 Å². The number of benzene rings is 1. The van der Waals surface area contributed by atoms with E-state index >= 15 is 0 Å². The van der Waals surface area contributed by atoms with Crippen molar-refractivity contribution in [3.05, 3.63) is 53.1 Å². The number of aryl methyl sites for hydroxylation is 1. The zero-order valence-corrected chi connectivity index (χ0v) is 24.3. The van der Waals surface area contributed by atoms with Gasteiger partial charge in [0.05, 0.1) is 46.5 Å². The fraction of sp³-hybridized carbons (Fsp3) is 0.567. The number of nitrogens with zero attached hydrogens (tertiary/aromatic N) is 2. The number of anilines is 1. The van der Waals surface area contributed by atoms with Crippen LogP contribution in [0.15, 0.2) is 42.5 Å². The number of ether oxygens (including phenoxy) is 1. The minimum Gasteiger partial charge on any atom is -0.465 e. The van der Waals surface area contributed by atoms with Crippen molar-refractivity contribution in [1.29, 1.82) is 0 Å². The molecule has 1 aromatic carbocycles. The van der Waals surface area contributed by atoms with Gasteiger partial charge in [-0.3, -0.25) is 14.4 Å². The molecule has 1 aromatic rings. The van der Waals surface area contributed by atoms with Gasteiger partial charge in [0.1, 0.15) is 6.04 Å². The fourth-order valence-corrected chi connectivity index (χ4v) is 9.01. The molecule has 0 aromatic heterocycles. The van der Waals surface area contributed by atoms with Crippen LogP contribution in [0.25, 0.3) is 0 Å². The third-order valence-electron chi connectivity index (χ3n) is 8.84. The standard InChI is InChI=1S/C30H37ClN2O5S/c1-4-18(2)21(17-34)33-26-28(36)32(25-19(3)11-9-12-20(25)31)15-10-14-30(26)24(27(33)35)23-22(39-30)13-7-5-6-8-16-38-29(23)37/h7,9-14,18,21-24,26,34H,4-6,8,15-17H2,1-3H3/b13-7-/t18-,21-,22-,23+,24-,26?,30-/m0/s1. The Kier molecular flexibility index (Phi) is 8.18. The normalized spacial score (nSPS) is 33.1. The number of rotatable bonds is 5. The number of carbonyl (C=O) groups excluding carboxylic acids is 3. The number of para-hydroxylation sites is 1. The molecule has 0 saturated carbocycles. The van der Waals surface area contributed by atoms with Crippen molar-refractivity contribution >= 4 is 46.8 Å². The van der Waals surface area contributed by atoms with Gasteiger partial charge >= 0.3 is 5.97 Å². The summed E-state index contributed by atoms with van der Waals surface area (Å²) in [6.07, 6.45) is 11.3. The van der Waals surface area contributed by atoms with Crippen molar-refractivity contribution in [2.24, 2.45) is 17.8 Å². The molecule has 2 amide bonds. The summed E-state index contributed by atoms with van der Waals surface area (Å²) in [6.45, 7) is 6.24. The summed E-state index contributed by atoms with van der Waals surface area (Å²) >= 11 is 8.15. The fourth-order valence-electron chi connectivity index (χ4n) is 6.69. The van der Waals surface area contributed by atoms with Crippen molar-refractivity contribution < 1.29 is 24.2 Å². The molecular formula is C30H37ClN2O5S. The molecule has 4 heterocycles. The number of aliphatic hydroxyl groups is 1. The van der Waals surface area contributed by atoms with E-state index in [4.69, 9.17) is 16.3 Å². The molecule has 1 N–H and O–H groups in total. The number of cyclic esters (lactones) is 1. The number of hydrogen-bond donors (Lipinski definition) is 1. The van der Waals surface area contributed by atoms with E-state index in [9.17, 15) is 19.5 Å². The zero-order chi connectivity index (χ0) is 27.9. The SMILES string of the molecule is CC[C@H](C)[C@H](CO)N1C(=O)[C@@H]2[C@@H]3C(=O)OCCCC/C=C\[C@@H]3S[C@@]23C=CCN(c2c(C)cccc2Cl)C(=O)C13. The molecule has 1 unspecified atom stereocenters. The van der Waals surface area contributed by atoms with Crippen LogP contribution in [0.1, 0.15) is 45.1 Å². The van der Waals surface area contributed by atoms with E-state index in [0.717, 1.165) is 31.2 Å². The molecule has 210 valence electrons. The second-order valence-corrected chi connectivity index (χ2v) is 13.0. The third-order valence-corrected chi connectivity index (χ3v) is 10.9. The van der Waals surface area contributed by atoms with Crippen molar-refractivity contribution in [1.82, 2.24) is 4.90 Å². The highest BCUT2D eigenvalue weighted by Gasteiger charge is 2.72. The summed E-state index contributed by atoms with van der Waals surface area (Å²) < 4.78 is 4.71. The van der Waals surface area contributed by atoms with E-state index < -0.39 is 28.7 Å². The van der Waals surface area contributed by atoms with Crippen LogP contribution in [0.3, 0.4) is 0 Å². The molecule has 1 spiro atoms. The van der Waals surface area contributed by atoms with Gasteiger partial charge in [0, 0.05) is 11.8 Å². The first-order valence-electron chi connectivity index (χ1n) is 13.9. The van der Waals surface area contributed by atoms with Gasteiger partial charge < -0.3 is 19.6 Å². The smallest absolute Gasteiger partial charge is 0.311 e. The lowest BCUT2D eigenvalue weighted by molar-refractivity contribution is -0.153. The van der Waals surface area contributed by atoms with Crippen molar-refractivity contribution in [2.45, 2.75) is 68.5 Å². The average molecular weight is 573 g/mol. The Morgan fingerprint density at radius 3 is 2.72 bits per heavy atom. The van der Waals surface area contributed by atoms with Gasteiger partial charge in [-0.25, -0.2) is 0 Å². The molecule has 0 bridgehead atoms. The number of esters is 1. The Morgan fingerprint density at radius 1 is 1.21 bits per heavy atom. The van der Waals surface area contributed by atoms with E-state index in [-0.39, 0.29) is 35.6 Å². The number of likely N-dealkylation sites (tertiary alicyclic amines) is 1. The van der Waals surface area contributed by atoms with Crippen LogP contribution in [0.4, 0.5) is 5.69 Å². The van der Waals surface area contributed by atoms with Gasteiger partial charge in [0.15, 0.2) is 0 Å². The Hall–Kier alpha value is -2.29. The van der Waals surface area contributed by atoms with Crippen molar-refractivity contribution in [3.8, 4) is 0 Å². The number of carbonyl (C=O) groups is 3. The topological polar surface area (TPSA) is 87.2 Å². The molecule has 39 heavy (non-hydrogen) atoms. The summed E-state index contributed by atoms with van der Waals surface area (Å²) in [6, 6.07) is 4.05. The van der Waals surface area contributed by atoms with Crippen LogP contribution in [-0.2, 0) is 19.1 Å². The molecule has 7 atom stereocenters. The minimum absolute atomic E-state index is 0.0537. The van der Waals surface area contributed by atoms with Gasteiger partial charge in [-0.2, -0.15) is 0 Å². The Bertz CT molecular complexity index is 1180. The summed E-state index contributed by atoms with van der Waals surface area (Å²) in [5.74, 6) is -2.45. The molecular weight excluding hydrogens is 536 g/mol. The zero-order valence-electron chi connectivity index (χ0n) is 22.7. The highest BCUT2D eigenvalue weighted by atomic mass is 35.5. The first kappa shape index (κ1) is 28.2. The highest BCUT2D eigenvalue weighted by Crippen LogP contribution is 2.61. The lowest BCUT2D eigenvalue weighted by Gasteiger charge is -2.40. The third kappa shape index (κ3) is 4.62. The predicted molar refractivity (Wildman–Crippen MR) is 154 cm³/mol. The molecule has 2 fully saturated rings. The molecule has 9 heteroatoms. The summed E-state index contributed by atoms with van der Waals surface area (Å²) in [5.41, 5.74) is 1.47. The van der Waals surface area contributed by atoms with E-state index in [2.05, 4.69) is 6.08 Å². The second-order valence-electron chi connectivity index (χ2n) is 11.1. The Morgan fingerprint density at radius 2 is 2.00 bits per heavy atom. The van der Waals surface area contributed by atoms with Gasteiger partial charge in [0.2, 0.25) is 5.91 Å². The number of hydrogen-bond acceptors (Lipinski definition) is 6. The second kappa shape index (κ2) is 11.3. The lowest BCUT2D eigenvalue weighted by atomic mass is 9.78. The minimum atomic E-state index is -0.980. The molecule has 0 aliphatic carbocycles. The van der Waals surface area contributed by atoms with Crippen LogP contribution in [-0.4, -0.2) is 69.6 Å². The molecule has 7 nitrogen and oxygen atoms in total. The first-order valence-corrected chi connectivity index (χ1v) is 15.2. The number of aliphatic hydroxyl groups excluding tert-OH is 1. The molecule has 4 aliphatic heterocycles. The predicted octanol–water partition coefficient (Wildman–Crippen LogP) is 4.54. The van der Waals surface area contributed by atoms with Gasteiger partial charge in [-0.15, -0.1) is 11.8 Å². The number of amides is 2. The Balaban J connectivity index is 1.68. The Labute approximate surface area is 239 Å². The maximum Gasteiger partial charge on any atom is 0.311 e. The van der Waals surface area contributed by atoms with Crippen LogP contribution in [0, 0.1) is 24.7 Å². The van der Waals surface area contributed by atoms with E-state index in [0.29, 0.717) is 23.9 Å². The summed E-state index contributed by atoms with van der Waals surface area (Å²) in [4.78, 5) is 46.0. The monoisotopic (exact) mass is 572 g/mol. The maximum atomic E-state index is 14.7. The highest BCUT2D eigenvalue weighted by molar-refractivity contribution is 8.02. The number of thioether (sulfide) groups is 1. The quantitative estimate of drug-likeness (QED) is 0.412. The average Bonchev–Trinajstić information content (AvgIpc) is 3.30. The molecule has 2 saturated heterocycles. The van der Waals surface area contributed by atoms with Crippen LogP contribution in [0.2, 0.25) is 5.02 Å². The van der Waals surface area contributed by atoms with Gasteiger partial charge in [-0.05, 0) is 43.7 Å². The number of halogens is 1. The van der Waals surface area contributed by atoms with E-state index in [1.54, 1.807) is 15.9 Å². The number of fused-ring (bicyclic) bond motifs is 2. The maximum absolute atomic E-state index is 14.7. The van der Waals surface area contributed by atoms with Crippen LogP contribution >= 0.6 is 23.4 Å². The molecule has 0 radical (unpaired) electrons. The lowest BCUT2D eigenvalue weighted by Crippen LogP contribution is -2.58. The van der Waals surface area contributed by atoms with Crippen molar-refractivity contribution in [2.75, 3.05) is 24.7 Å². The van der Waals surface area contributed by atoms with E-state index in [1.807, 2.05) is 51.1 Å². The van der Waals surface area contributed by atoms with Crippen molar-refractivity contribution in [3.63, 3.8) is 0 Å². The van der Waals surface area contributed by atoms with Crippen LogP contribution < -0.4 is 4.90 Å². The van der Waals surface area contributed by atoms with E-state index in [1.165, 1.54) is 11.8 Å². The summed E-state index contributed by atoms with van der Waals surface area (Å²) in [7, 11) is 0. The summed E-state index contributed by atoms with van der Waals surface area (Å²) in [5, 5.41) is 10.7. The number of allylic oxidation sites excluding steroid dienone is 1. The van der Waals surface area contributed by atoms with Crippen LogP contribution in [0.5, 0.6) is 0 Å².